The Morgan fingerprint density at radius 1 is 0.938 bits per heavy atom. The number of hydrogen-bond acceptors (Lipinski definition) is 4. The zero-order valence-corrected chi connectivity index (χ0v) is 19.7. The van der Waals surface area contributed by atoms with Crippen molar-refractivity contribution in [2.24, 2.45) is 4.99 Å². The van der Waals surface area contributed by atoms with Gasteiger partial charge in [-0.25, -0.2) is 4.99 Å². The van der Waals surface area contributed by atoms with Gasteiger partial charge >= 0.3 is 0 Å². The van der Waals surface area contributed by atoms with E-state index in [4.69, 9.17) is 14.5 Å². The fourth-order valence-corrected chi connectivity index (χ4v) is 2.99. The Morgan fingerprint density at radius 2 is 1.66 bits per heavy atom. The zero-order chi connectivity index (χ0) is 23.2. The Morgan fingerprint density at radius 3 is 2.34 bits per heavy atom. The number of nitrogens with zero attached hydrogens (tertiary/aromatic N) is 2. The lowest BCUT2D eigenvalue weighted by Crippen LogP contribution is -2.36. The third-order valence-corrected chi connectivity index (χ3v) is 4.67. The molecule has 7 nitrogen and oxygen atoms in total. The van der Waals surface area contributed by atoms with Crippen LogP contribution in [0.1, 0.15) is 40.9 Å². The molecular formula is C25H36N4O3. The summed E-state index contributed by atoms with van der Waals surface area (Å²) in [4.78, 5) is 18.3. The minimum atomic E-state index is 0.00123. The van der Waals surface area contributed by atoms with Crippen LogP contribution in [0.25, 0.3) is 0 Å². The maximum Gasteiger partial charge on any atom is 0.253 e. The Bertz CT molecular complexity index is 851. The summed E-state index contributed by atoms with van der Waals surface area (Å²) < 4.78 is 10.9. The highest BCUT2D eigenvalue weighted by atomic mass is 16.5. The molecule has 32 heavy (non-hydrogen) atoms. The molecule has 2 N–H and O–H groups in total. The number of hydrogen-bond donors (Lipinski definition) is 2. The van der Waals surface area contributed by atoms with Crippen molar-refractivity contribution in [1.29, 1.82) is 0 Å². The molecule has 0 unspecified atom stereocenters. The molecule has 0 spiro atoms. The summed E-state index contributed by atoms with van der Waals surface area (Å²) in [5, 5.41) is 6.63. The van der Waals surface area contributed by atoms with Crippen LogP contribution in [-0.4, -0.2) is 57.2 Å². The fraction of sp³-hybridized carbons (Fsp3) is 0.440. The van der Waals surface area contributed by atoms with Gasteiger partial charge in [-0.05, 0) is 42.7 Å². The van der Waals surface area contributed by atoms with E-state index in [0.29, 0.717) is 45.1 Å². The van der Waals surface area contributed by atoms with Gasteiger partial charge in [0.15, 0.2) is 5.96 Å². The van der Waals surface area contributed by atoms with E-state index < -0.39 is 0 Å². The van der Waals surface area contributed by atoms with Crippen molar-refractivity contribution < 1.29 is 14.3 Å². The second-order valence-electron chi connectivity index (χ2n) is 7.51. The van der Waals surface area contributed by atoms with Gasteiger partial charge in [0.25, 0.3) is 5.91 Å². The molecular weight excluding hydrogens is 404 g/mol. The first-order chi connectivity index (χ1) is 15.5. The van der Waals surface area contributed by atoms with E-state index in [0.717, 1.165) is 29.2 Å². The average Bonchev–Trinajstić information content (AvgIpc) is 2.81. The van der Waals surface area contributed by atoms with Crippen LogP contribution in [0.5, 0.6) is 0 Å². The third kappa shape index (κ3) is 9.08. The summed E-state index contributed by atoms with van der Waals surface area (Å²) >= 11 is 0. The van der Waals surface area contributed by atoms with Crippen molar-refractivity contribution in [3.8, 4) is 0 Å². The highest BCUT2D eigenvalue weighted by Crippen LogP contribution is 2.09. The molecule has 7 heteroatoms. The van der Waals surface area contributed by atoms with Crippen LogP contribution in [0.2, 0.25) is 0 Å². The van der Waals surface area contributed by atoms with Gasteiger partial charge < -0.3 is 25.0 Å². The molecule has 174 valence electrons. The predicted molar refractivity (Wildman–Crippen MR) is 129 cm³/mol. The van der Waals surface area contributed by atoms with Crippen LogP contribution >= 0.6 is 0 Å². The van der Waals surface area contributed by atoms with E-state index in [1.54, 1.807) is 19.0 Å². The van der Waals surface area contributed by atoms with Gasteiger partial charge in [0.2, 0.25) is 0 Å². The van der Waals surface area contributed by atoms with Gasteiger partial charge in [-0.1, -0.05) is 36.4 Å². The molecule has 1 amide bonds. The molecule has 0 fully saturated rings. The number of benzene rings is 2. The Kier molecular flexibility index (Phi) is 11.3. The van der Waals surface area contributed by atoms with Crippen LogP contribution in [-0.2, 0) is 29.2 Å². The minimum Gasteiger partial charge on any atom is -0.379 e. The number of amides is 1. The lowest BCUT2D eigenvalue weighted by molar-refractivity contribution is 0.0453. The molecule has 0 aliphatic rings. The summed E-state index contributed by atoms with van der Waals surface area (Å²) in [6.45, 7) is 8.46. The highest BCUT2D eigenvalue weighted by molar-refractivity contribution is 5.93. The van der Waals surface area contributed by atoms with Crippen LogP contribution in [0.15, 0.2) is 53.5 Å². The first-order valence-electron chi connectivity index (χ1n) is 11.1. The summed E-state index contributed by atoms with van der Waals surface area (Å²) in [5.74, 6) is 0.751. The molecule has 0 heterocycles. The number of carbonyl (C=O) groups is 1. The van der Waals surface area contributed by atoms with E-state index in [1.807, 2.05) is 44.2 Å². The Hall–Kier alpha value is -2.90. The summed E-state index contributed by atoms with van der Waals surface area (Å²) in [6.07, 6.45) is 0. The van der Waals surface area contributed by atoms with Crippen molar-refractivity contribution in [2.75, 3.05) is 40.5 Å². The van der Waals surface area contributed by atoms with E-state index in [9.17, 15) is 4.79 Å². The average molecular weight is 441 g/mol. The molecule has 0 aliphatic heterocycles. The molecule has 2 aromatic rings. The Labute approximate surface area is 191 Å². The van der Waals surface area contributed by atoms with Crippen molar-refractivity contribution >= 4 is 11.9 Å². The monoisotopic (exact) mass is 440 g/mol. The van der Waals surface area contributed by atoms with Crippen molar-refractivity contribution in [3.05, 3.63) is 70.8 Å². The van der Waals surface area contributed by atoms with E-state index in [2.05, 4.69) is 28.8 Å². The number of ether oxygens (including phenoxy) is 2. The number of carbonyl (C=O) groups excluding carboxylic acids is 1. The van der Waals surface area contributed by atoms with E-state index in [-0.39, 0.29) is 5.91 Å². The van der Waals surface area contributed by atoms with Gasteiger partial charge in [-0.15, -0.1) is 0 Å². The molecule has 0 bridgehead atoms. The second kappa shape index (κ2) is 14.2. The minimum absolute atomic E-state index is 0.00123. The van der Waals surface area contributed by atoms with Gasteiger partial charge in [0.05, 0.1) is 26.4 Å². The predicted octanol–water partition coefficient (Wildman–Crippen LogP) is 3.20. The number of guanidine groups is 1. The van der Waals surface area contributed by atoms with E-state index >= 15 is 0 Å². The maximum atomic E-state index is 12.0. The van der Waals surface area contributed by atoms with Gasteiger partial charge in [0, 0.05) is 39.4 Å². The third-order valence-electron chi connectivity index (χ3n) is 4.67. The SMILES string of the molecule is CCNC(=NCc1cccc(COCCOCC)c1)NCc1ccc(C(=O)N(C)C)cc1. The normalized spacial score (nSPS) is 11.3. The zero-order valence-electron chi connectivity index (χ0n) is 19.7. The summed E-state index contributed by atoms with van der Waals surface area (Å²) in [5.41, 5.74) is 4.01. The van der Waals surface area contributed by atoms with Gasteiger partial charge in [-0.3, -0.25) is 4.79 Å². The molecule has 2 rings (SSSR count). The topological polar surface area (TPSA) is 75.2 Å². The number of nitrogens with one attached hydrogen (secondary N) is 2. The van der Waals surface area contributed by atoms with Crippen molar-refractivity contribution in [2.45, 2.75) is 33.5 Å². The second-order valence-corrected chi connectivity index (χ2v) is 7.51. The first kappa shape index (κ1) is 25.4. The number of aliphatic imine (C=N–C) groups is 1. The number of rotatable bonds is 12. The summed E-state index contributed by atoms with van der Waals surface area (Å²) in [6, 6.07) is 15.9. The van der Waals surface area contributed by atoms with Gasteiger partial charge in [-0.2, -0.15) is 0 Å². The fourth-order valence-electron chi connectivity index (χ4n) is 2.99. The lowest BCUT2D eigenvalue weighted by atomic mass is 10.1. The quantitative estimate of drug-likeness (QED) is 0.301. The van der Waals surface area contributed by atoms with Crippen LogP contribution < -0.4 is 10.6 Å². The first-order valence-corrected chi connectivity index (χ1v) is 11.1. The van der Waals surface area contributed by atoms with Crippen molar-refractivity contribution in [3.63, 3.8) is 0 Å². The molecule has 0 aliphatic carbocycles. The molecule has 0 aromatic heterocycles. The molecule has 0 saturated carbocycles. The van der Waals surface area contributed by atoms with E-state index in [1.165, 1.54) is 0 Å². The van der Waals surface area contributed by atoms with Crippen LogP contribution in [0, 0.1) is 0 Å². The Balaban J connectivity index is 1.90. The van der Waals surface area contributed by atoms with Crippen LogP contribution in [0.3, 0.4) is 0 Å². The molecule has 0 radical (unpaired) electrons. The molecule has 0 atom stereocenters. The van der Waals surface area contributed by atoms with Crippen molar-refractivity contribution in [1.82, 2.24) is 15.5 Å². The maximum absolute atomic E-state index is 12.0. The smallest absolute Gasteiger partial charge is 0.253 e. The summed E-state index contributed by atoms with van der Waals surface area (Å²) in [7, 11) is 3.50. The largest absolute Gasteiger partial charge is 0.379 e. The lowest BCUT2D eigenvalue weighted by Gasteiger charge is -2.13. The standard InChI is InChI=1S/C25H36N4O3/c1-5-26-25(27-17-20-10-12-23(13-11-20)24(30)29(3)4)28-18-21-8-7-9-22(16-21)19-32-15-14-31-6-2/h7-13,16H,5-6,14-15,17-19H2,1-4H3,(H2,26,27,28). The molecule has 2 aromatic carbocycles. The van der Waals surface area contributed by atoms with Crippen LogP contribution in [0.4, 0.5) is 0 Å². The highest BCUT2D eigenvalue weighted by Gasteiger charge is 2.07. The molecule has 0 saturated heterocycles. The van der Waals surface area contributed by atoms with Gasteiger partial charge in [0.1, 0.15) is 0 Å².